The van der Waals surface area contributed by atoms with E-state index in [9.17, 15) is 4.79 Å². The number of aryl methyl sites for hydroxylation is 1. The Hall–Kier alpha value is -3.45. The minimum absolute atomic E-state index is 0.154. The molecule has 1 amide bonds. The summed E-state index contributed by atoms with van der Waals surface area (Å²) in [6, 6.07) is 16.6. The number of anilines is 1. The van der Waals surface area contributed by atoms with E-state index in [1.54, 1.807) is 49.6 Å². The molecule has 0 N–H and O–H groups in total. The van der Waals surface area contributed by atoms with Crippen LogP contribution in [0.1, 0.15) is 21.6 Å². The number of hydrogen-bond acceptors (Lipinski definition) is 6. The lowest BCUT2D eigenvalue weighted by molar-refractivity contribution is 0.0985. The highest BCUT2D eigenvalue weighted by Gasteiger charge is 2.23. The van der Waals surface area contributed by atoms with E-state index < -0.39 is 0 Å². The first-order valence-corrected chi connectivity index (χ1v) is 10.2. The fourth-order valence-corrected chi connectivity index (χ4v) is 4.20. The standard InChI is InChI=1S/C23H21N3O3S/c1-15-7-12-19(29-3)20-21(15)30-23(25-20)26(14-17-6-4-5-13-24-17)22(27)16-8-10-18(28-2)11-9-16/h4-13H,14H2,1-3H3. The van der Waals surface area contributed by atoms with Crippen LogP contribution in [0.3, 0.4) is 0 Å². The van der Waals surface area contributed by atoms with Crippen molar-refractivity contribution in [2.75, 3.05) is 19.1 Å². The van der Waals surface area contributed by atoms with Crippen LogP contribution in [0.15, 0.2) is 60.8 Å². The maximum absolute atomic E-state index is 13.5. The minimum atomic E-state index is -0.154. The van der Waals surface area contributed by atoms with Crippen molar-refractivity contribution in [1.82, 2.24) is 9.97 Å². The Bertz CT molecular complexity index is 1170. The number of amides is 1. The van der Waals surface area contributed by atoms with E-state index in [1.807, 2.05) is 37.3 Å². The van der Waals surface area contributed by atoms with Crippen LogP contribution < -0.4 is 14.4 Å². The Labute approximate surface area is 178 Å². The van der Waals surface area contributed by atoms with Crippen LogP contribution in [-0.4, -0.2) is 30.1 Å². The van der Waals surface area contributed by atoms with Gasteiger partial charge < -0.3 is 9.47 Å². The number of thiazole rings is 1. The predicted molar refractivity (Wildman–Crippen MR) is 119 cm³/mol. The van der Waals surface area contributed by atoms with Gasteiger partial charge >= 0.3 is 0 Å². The summed E-state index contributed by atoms with van der Waals surface area (Å²) >= 11 is 1.47. The van der Waals surface area contributed by atoms with Crippen molar-refractivity contribution >= 4 is 32.6 Å². The first-order chi connectivity index (χ1) is 14.6. The molecule has 6 nitrogen and oxygen atoms in total. The van der Waals surface area contributed by atoms with Crippen LogP contribution in [0, 0.1) is 6.92 Å². The summed E-state index contributed by atoms with van der Waals surface area (Å²) in [6.45, 7) is 2.34. The lowest BCUT2D eigenvalue weighted by Gasteiger charge is -2.19. The van der Waals surface area contributed by atoms with E-state index in [0.717, 1.165) is 21.5 Å². The normalized spacial score (nSPS) is 10.8. The molecule has 0 fully saturated rings. The van der Waals surface area contributed by atoms with Crippen molar-refractivity contribution in [3.8, 4) is 11.5 Å². The molecule has 30 heavy (non-hydrogen) atoms. The maximum atomic E-state index is 13.5. The van der Waals surface area contributed by atoms with Gasteiger partial charge in [-0.25, -0.2) is 4.98 Å². The molecular formula is C23H21N3O3S. The van der Waals surface area contributed by atoms with Crippen LogP contribution in [-0.2, 0) is 6.54 Å². The van der Waals surface area contributed by atoms with Crippen molar-refractivity contribution in [2.45, 2.75) is 13.5 Å². The van der Waals surface area contributed by atoms with Crippen LogP contribution >= 0.6 is 11.3 Å². The molecule has 0 saturated heterocycles. The second kappa shape index (κ2) is 8.51. The minimum Gasteiger partial charge on any atom is -0.497 e. The molecule has 0 radical (unpaired) electrons. The molecule has 0 aliphatic heterocycles. The molecule has 2 aromatic carbocycles. The van der Waals surface area contributed by atoms with E-state index >= 15 is 0 Å². The highest BCUT2D eigenvalue weighted by Crippen LogP contribution is 2.37. The Balaban J connectivity index is 1.79. The summed E-state index contributed by atoms with van der Waals surface area (Å²) < 4.78 is 11.7. The molecule has 0 aliphatic carbocycles. The summed E-state index contributed by atoms with van der Waals surface area (Å²) in [5, 5.41) is 0.601. The molecule has 2 aromatic heterocycles. The molecule has 0 spiro atoms. The number of pyridine rings is 1. The zero-order valence-electron chi connectivity index (χ0n) is 17.0. The summed E-state index contributed by atoms with van der Waals surface area (Å²) in [7, 11) is 3.22. The Morgan fingerprint density at radius 2 is 1.83 bits per heavy atom. The smallest absolute Gasteiger partial charge is 0.260 e. The number of carbonyl (C=O) groups excluding carboxylic acids is 1. The van der Waals surface area contributed by atoms with Gasteiger partial charge in [0.1, 0.15) is 17.0 Å². The van der Waals surface area contributed by atoms with Gasteiger partial charge in [0.05, 0.1) is 31.2 Å². The summed E-state index contributed by atoms with van der Waals surface area (Å²) in [5.74, 6) is 1.23. The number of benzene rings is 2. The van der Waals surface area contributed by atoms with Gasteiger partial charge in [0.25, 0.3) is 5.91 Å². The van der Waals surface area contributed by atoms with Gasteiger partial charge in [0, 0.05) is 11.8 Å². The molecule has 0 aliphatic rings. The van der Waals surface area contributed by atoms with Crippen molar-refractivity contribution in [1.29, 1.82) is 0 Å². The Morgan fingerprint density at radius 1 is 1.03 bits per heavy atom. The third-order valence-electron chi connectivity index (χ3n) is 4.77. The average molecular weight is 420 g/mol. The highest BCUT2D eigenvalue weighted by atomic mass is 32.1. The van der Waals surface area contributed by atoms with Crippen molar-refractivity contribution in [2.24, 2.45) is 0 Å². The van der Waals surface area contributed by atoms with Crippen molar-refractivity contribution in [3.63, 3.8) is 0 Å². The molecular weight excluding hydrogens is 398 g/mol. The summed E-state index contributed by atoms with van der Waals surface area (Å²) in [5.41, 5.74) is 3.17. The van der Waals surface area contributed by atoms with Crippen LogP contribution in [0.2, 0.25) is 0 Å². The Kier molecular flexibility index (Phi) is 5.63. The third kappa shape index (κ3) is 3.84. The molecule has 0 atom stereocenters. The zero-order valence-corrected chi connectivity index (χ0v) is 17.8. The molecule has 7 heteroatoms. The summed E-state index contributed by atoms with van der Waals surface area (Å²) in [6.07, 6.45) is 1.72. The van der Waals surface area contributed by atoms with E-state index in [1.165, 1.54) is 11.3 Å². The first-order valence-electron chi connectivity index (χ1n) is 9.40. The van der Waals surface area contributed by atoms with Crippen LogP contribution in [0.5, 0.6) is 11.5 Å². The monoisotopic (exact) mass is 419 g/mol. The predicted octanol–water partition coefficient (Wildman–Crippen LogP) is 4.86. The molecule has 0 saturated carbocycles. The average Bonchev–Trinajstić information content (AvgIpc) is 3.24. The number of methoxy groups -OCH3 is 2. The maximum Gasteiger partial charge on any atom is 0.260 e. The van der Waals surface area contributed by atoms with E-state index in [0.29, 0.717) is 28.7 Å². The molecule has 152 valence electrons. The number of aromatic nitrogens is 2. The third-order valence-corrected chi connectivity index (χ3v) is 5.99. The number of rotatable bonds is 6. The van der Waals surface area contributed by atoms with E-state index in [2.05, 4.69) is 4.98 Å². The SMILES string of the molecule is COc1ccc(C(=O)N(Cc2ccccn2)c2nc3c(OC)ccc(C)c3s2)cc1. The number of carbonyl (C=O) groups is 1. The van der Waals surface area contributed by atoms with E-state index in [-0.39, 0.29) is 5.91 Å². The number of ether oxygens (including phenoxy) is 2. The summed E-state index contributed by atoms with van der Waals surface area (Å²) in [4.78, 5) is 24.3. The molecule has 4 rings (SSSR count). The largest absolute Gasteiger partial charge is 0.497 e. The number of fused-ring (bicyclic) bond motifs is 1. The fraction of sp³-hybridized carbons (Fsp3) is 0.174. The molecule has 2 heterocycles. The van der Waals surface area contributed by atoms with Gasteiger partial charge in [-0.05, 0) is 55.0 Å². The van der Waals surface area contributed by atoms with Gasteiger partial charge in [-0.15, -0.1) is 0 Å². The molecule has 0 bridgehead atoms. The number of hydrogen-bond donors (Lipinski definition) is 0. The lowest BCUT2D eigenvalue weighted by atomic mass is 10.2. The van der Waals surface area contributed by atoms with E-state index in [4.69, 9.17) is 14.5 Å². The molecule has 4 aromatic rings. The van der Waals surface area contributed by atoms with Gasteiger partial charge in [-0.1, -0.05) is 23.5 Å². The lowest BCUT2D eigenvalue weighted by Crippen LogP contribution is -2.30. The van der Waals surface area contributed by atoms with Crippen LogP contribution in [0.4, 0.5) is 5.13 Å². The second-order valence-electron chi connectivity index (χ2n) is 6.70. The number of nitrogens with zero attached hydrogens (tertiary/aromatic N) is 3. The zero-order chi connectivity index (χ0) is 21.1. The van der Waals surface area contributed by atoms with Gasteiger partial charge in [0.15, 0.2) is 5.13 Å². The van der Waals surface area contributed by atoms with Gasteiger partial charge in [0.2, 0.25) is 0 Å². The quantitative estimate of drug-likeness (QED) is 0.446. The van der Waals surface area contributed by atoms with Gasteiger partial charge in [-0.3, -0.25) is 14.7 Å². The van der Waals surface area contributed by atoms with Crippen molar-refractivity contribution in [3.05, 3.63) is 77.6 Å². The van der Waals surface area contributed by atoms with Crippen molar-refractivity contribution < 1.29 is 14.3 Å². The first kappa shape index (κ1) is 19.8. The fourth-order valence-electron chi connectivity index (χ4n) is 3.15. The second-order valence-corrected chi connectivity index (χ2v) is 7.68. The molecule has 0 unspecified atom stereocenters. The topological polar surface area (TPSA) is 64.5 Å². The Morgan fingerprint density at radius 3 is 2.50 bits per heavy atom. The van der Waals surface area contributed by atoms with Crippen LogP contribution in [0.25, 0.3) is 10.2 Å². The highest BCUT2D eigenvalue weighted by molar-refractivity contribution is 7.22. The van der Waals surface area contributed by atoms with Gasteiger partial charge in [-0.2, -0.15) is 0 Å².